The molecule has 0 aliphatic carbocycles. The molecule has 2 saturated heterocycles. The van der Waals surface area contributed by atoms with Crippen molar-refractivity contribution in [3.63, 3.8) is 0 Å². The molecule has 2 aliphatic rings. The van der Waals surface area contributed by atoms with Crippen LogP contribution in [0, 0.1) is 11.3 Å². The number of hydrogen-bond donors (Lipinski definition) is 0. The quantitative estimate of drug-likeness (QED) is 0.718. The zero-order valence-electron chi connectivity index (χ0n) is 15.3. The van der Waals surface area contributed by atoms with Gasteiger partial charge >= 0.3 is 0 Å². The molecule has 2 aliphatic heterocycles. The largest absolute Gasteiger partial charge is 0.441 e. The molecule has 7 heteroatoms. The molecular formula is C21H19N3O3S. The maximum Gasteiger partial charge on any atom is 0.293 e. The topological polar surface area (TPSA) is 77.6 Å². The summed E-state index contributed by atoms with van der Waals surface area (Å²) in [5.74, 6) is 0.996. The van der Waals surface area contributed by atoms with Crippen LogP contribution in [0.15, 0.2) is 45.7 Å². The molecule has 2 amide bonds. The Balaban J connectivity index is 1.51. The standard InChI is InChI=1S/C21H19N3O3S/c22-13-15-6-2-3-7-16(15)14-24-20(25)18(28-21(24)26)12-17-8-9-19(27-17)23-10-4-1-5-11-23/h2-3,6-9,12H,1,4-5,10-11,14H2/b18-12+. The lowest BCUT2D eigenvalue weighted by molar-refractivity contribution is -0.123. The monoisotopic (exact) mass is 393 g/mol. The van der Waals surface area contributed by atoms with E-state index in [-0.39, 0.29) is 17.7 Å². The van der Waals surface area contributed by atoms with E-state index in [0.29, 0.717) is 21.8 Å². The van der Waals surface area contributed by atoms with Gasteiger partial charge in [-0.05, 0) is 48.7 Å². The van der Waals surface area contributed by atoms with Gasteiger partial charge in [-0.25, -0.2) is 0 Å². The Bertz CT molecular complexity index is 983. The van der Waals surface area contributed by atoms with E-state index in [0.717, 1.165) is 43.6 Å². The minimum atomic E-state index is -0.362. The fourth-order valence-electron chi connectivity index (χ4n) is 3.41. The van der Waals surface area contributed by atoms with Crippen molar-refractivity contribution in [1.29, 1.82) is 5.26 Å². The summed E-state index contributed by atoms with van der Waals surface area (Å²) in [5, 5.41) is 8.87. The van der Waals surface area contributed by atoms with Gasteiger partial charge in [-0.3, -0.25) is 14.5 Å². The molecule has 0 saturated carbocycles. The molecule has 28 heavy (non-hydrogen) atoms. The highest BCUT2D eigenvalue weighted by Gasteiger charge is 2.35. The average molecular weight is 393 g/mol. The van der Waals surface area contributed by atoms with Crippen molar-refractivity contribution < 1.29 is 14.0 Å². The van der Waals surface area contributed by atoms with Gasteiger partial charge in [0, 0.05) is 25.2 Å². The molecule has 142 valence electrons. The number of carbonyl (C=O) groups excluding carboxylic acids is 2. The smallest absolute Gasteiger partial charge is 0.293 e. The summed E-state index contributed by atoms with van der Waals surface area (Å²) in [6.45, 7) is 2.03. The number of carbonyl (C=O) groups is 2. The zero-order valence-corrected chi connectivity index (χ0v) is 16.1. The van der Waals surface area contributed by atoms with E-state index in [9.17, 15) is 14.9 Å². The molecule has 3 heterocycles. The van der Waals surface area contributed by atoms with Crippen LogP contribution >= 0.6 is 11.8 Å². The molecule has 0 radical (unpaired) electrons. The first-order valence-corrected chi connectivity index (χ1v) is 10.1. The third-order valence-corrected chi connectivity index (χ3v) is 5.80. The van der Waals surface area contributed by atoms with Gasteiger partial charge in [-0.2, -0.15) is 5.26 Å². The molecule has 0 N–H and O–H groups in total. The van der Waals surface area contributed by atoms with Crippen LogP contribution in [-0.4, -0.2) is 29.1 Å². The van der Waals surface area contributed by atoms with Crippen molar-refractivity contribution >= 4 is 34.9 Å². The molecule has 6 nitrogen and oxygen atoms in total. The van der Waals surface area contributed by atoms with Gasteiger partial charge in [-0.1, -0.05) is 18.2 Å². The van der Waals surface area contributed by atoms with Crippen LogP contribution in [-0.2, 0) is 11.3 Å². The number of hydrogen-bond acceptors (Lipinski definition) is 6. The summed E-state index contributed by atoms with van der Waals surface area (Å²) < 4.78 is 5.87. The Kier molecular flexibility index (Phi) is 5.22. The summed E-state index contributed by atoms with van der Waals surface area (Å²) in [7, 11) is 0. The Morgan fingerprint density at radius 3 is 2.68 bits per heavy atom. The molecule has 0 atom stereocenters. The Morgan fingerprint density at radius 2 is 1.89 bits per heavy atom. The zero-order chi connectivity index (χ0) is 19.5. The first-order chi connectivity index (χ1) is 13.7. The van der Waals surface area contributed by atoms with Crippen LogP contribution in [0.4, 0.5) is 10.7 Å². The van der Waals surface area contributed by atoms with Gasteiger partial charge < -0.3 is 9.32 Å². The molecule has 0 spiro atoms. The fourth-order valence-corrected chi connectivity index (χ4v) is 4.23. The Hall–Kier alpha value is -2.98. The fraction of sp³-hybridized carbons (Fsp3) is 0.286. The van der Waals surface area contributed by atoms with Crippen molar-refractivity contribution in [3.05, 3.63) is 58.2 Å². The van der Waals surface area contributed by atoms with Gasteiger partial charge in [0.05, 0.1) is 23.1 Å². The van der Waals surface area contributed by atoms with E-state index in [2.05, 4.69) is 11.0 Å². The third kappa shape index (κ3) is 3.69. The summed E-state index contributed by atoms with van der Waals surface area (Å²) in [6.07, 6.45) is 5.17. The van der Waals surface area contributed by atoms with Crippen LogP contribution in [0.2, 0.25) is 0 Å². The van der Waals surface area contributed by atoms with Crippen molar-refractivity contribution in [3.8, 4) is 6.07 Å². The first-order valence-electron chi connectivity index (χ1n) is 9.24. The molecule has 2 fully saturated rings. The van der Waals surface area contributed by atoms with Crippen LogP contribution in [0.5, 0.6) is 0 Å². The number of nitriles is 1. The molecule has 1 aromatic heterocycles. The Labute approximate surface area is 167 Å². The number of imide groups is 1. The van der Waals surface area contributed by atoms with Gasteiger partial charge in [0.2, 0.25) is 0 Å². The van der Waals surface area contributed by atoms with Gasteiger partial charge in [0.1, 0.15) is 5.76 Å². The maximum absolute atomic E-state index is 12.7. The number of anilines is 1. The number of thioether (sulfide) groups is 1. The summed E-state index contributed by atoms with van der Waals surface area (Å²) in [6, 6.07) is 12.8. The number of amides is 2. The first kappa shape index (κ1) is 18.4. The molecule has 1 aromatic carbocycles. The van der Waals surface area contributed by atoms with Crippen molar-refractivity contribution in [2.45, 2.75) is 25.8 Å². The summed E-state index contributed by atoms with van der Waals surface area (Å²) in [5.41, 5.74) is 1.11. The average Bonchev–Trinajstić information content (AvgIpc) is 3.29. The molecule has 0 unspecified atom stereocenters. The summed E-state index contributed by atoms with van der Waals surface area (Å²) >= 11 is 0.896. The third-order valence-electron chi connectivity index (χ3n) is 4.89. The van der Waals surface area contributed by atoms with Crippen molar-refractivity contribution in [1.82, 2.24) is 4.90 Å². The highest BCUT2D eigenvalue weighted by molar-refractivity contribution is 8.18. The molecule has 0 bridgehead atoms. The number of rotatable bonds is 4. The predicted octanol–water partition coefficient (Wildman–Crippen LogP) is 4.38. The van der Waals surface area contributed by atoms with Crippen LogP contribution in [0.25, 0.3) is 6.08 Å². The lowest BCUT2D eigenvalue weighted by Crippen LogP contribution is -2.28. The number of nitrogens with zero attached hydrogens (tertiary/aromatic N) is 3. The van der Waals surface area contributed by atoms with Crippen LogP contribution in [0.3, 0.4) is 0 Å². The van der Waals surface area contributed by atoms with E-state index in [4.69, 9.17) is 4.42 Å². The predicted molar refractivity (Wildman–Crippen MR) is 107 cm³/mol. The second kappa shape index (κ2) is 7.95. The highest BCUT2D eigenvalue weighted by Crippen LogP contribution is 2.34. The highest BCUT2D eigenvalue weighted by atomic mass is 32.2. The normalized spacial score (nSPS) is 18.8. The molecule has 2 aromatic rings. The van der Waals surface area contributed by atoms with E-state index >= 15 is 0 Å². The second-order valence-corrected chi connectivity index (χ2v) is 7.75. The van der Waals surface area contributed by atoms with Crippen LogP contribution in [0.1, 0.15) is 36.1 Å². The SMILES string of the molecule is N#Cc1ccccc1CN1C(=O)S/C(=C/c2ccc(N3CCCCC3)o2)C1=O. The number of benzene rings is 1. The van der Waals surface area contributed by atoms with E-state index in [1.807, 2.05) is 12.1 Å². The van der Waals surface area contributed by atoms with Gasteiger partial charge in [0.25, 0.3) is 11.1 Å². The van der Waals surface area contributed by atoms with E-state index in [1.165, 1.54) is 11.3 Å². The minimum Gasteiger partial charge on any atom is -0.441 e. The molecule has 4 rings (SSSR count). The Morgan fingerprint density at radius 1 is 1.11 bits per heavy atom. The van der Waals surface area contributed by atoms with Crippen molar-refractivity contribution in [2.24, 2.45) is 0 Å². The molecular weight excluding hydrogens is 374 g/mol. The van der Waals surface area contributed by atoms with Crippen LogP contribution < -0.4 is 4.90 Å². The van der Waals surface area contributed by atoms with E-state index < -0.39 is 0 Å². The van der Waals surface area contributed by atoms with E-state index in [1.54, 1.807) is 30.3 Å². The summed E-state index contributed by atoms with van der Waals surface area (Å²) in [4.78, 5) is 28.8. The van der Waals surface area contributed by atoms with Gasteiger partial charge in [0.15, 0.2) is 5.88 Å². The lowest BCUT2D eigenvalue weighted by Gasteiger charge is -2.25. The lowest BCUT2D eigenvalue weighted by atomic mass is 10.1. The number of furan rings is 1. The van der Waals surface area contributed by atoms with Crippen molar-refractivity contribution in [2.75, 3.05) is 18.0 Å². The minimum absolute atomic E-state index is 0.0862. The number of piperidine rings is 1. The maximum atomic E-state index is 12.7. The second-order valence-electron chi connectivity index (χ2n) is 6.76. The van der Waals surface area contributed by atoms with Gasteiger partial charge in [-0.15, -0.1) is 0 Å².